The van der Waals surface area contributed by atoms with Gasteiger partial charge in [0.05, 0.1) is 17.9 Å². The van der Waals surface area contributed by atoms with Crippen LogP contribution in [-0.4, -0.2) is 29.3 Å². The zero-order valence-electron chi connectivity index (χ0n) is 21.7. The smallest absolute Gasteiger partial charge is 0.341 e. The summed E-state index contributed by atoms with van der Waals surface area (Å²) in [5.74, 6) is -0.271. The Hall–Kier alpha value is -2.88. The third-order valence-electron chi connectivity index (χ3n) is 6.18. The van der Waals surface area contributed by atoms with Crippen LogP contribution in [0, 0.1) is 6.92 Å². The molecule has 1 heterocycles. The Morgan fingerprint density at radius 3 is 2.47 bits per heavy atom. The monoisotopic (exact) mass is 567 g/mol. The highest BCUT2D eigenvalue weighted by Gasteiger charge is 2.26. The second kappa shape index (κ2) is 13.8. The number of aryl methyl sites for hydroxylation is 2. The van der Waals surface area contributed by atoms with Crippen molar-refractivity contribution in [1.82, 2.24) is 0 Å². The molecule has 1 aliphatic rings. The van der Waals surface area contributed by atoms with Gasteiger partial charge in [-0.15, -0.1) is 23.1 Å². The third kappa shape index (κ3) is 7.82. The van der Waals surface area contributed by atoms with E-state index in [0.717, 1.165) is 53.9 Å². The van der Waals surface area contributed by atoms with Crippen molar-refractivity contribution in [1.29, 1.82) is 0 Å². The lowest BCUT2D eigenvalue weighted by Gasteiger charge is -2.12. The molecule has 1 aromatic heterocycles. The maximum atomic E-state index is 12.9. The van der Waals surface area contributed by atoms with Crippen LogP contribution in [0.4, 0.5) is 16.4 Å². The van der Waals surface area contributed by atoms with Crippen LogP contribution in [0.3, 0.4) is 0 Å². The van der Waals surface area contributed by atoms with Gasteiger partial charge >= 0.3 is 5.97 Å². The van der Waals surface area contributed by atoms with E-state index in [0.29, 0.717) is 22.3 Å². The highest BCUT2D eigenvalue weighted by atomic mass is 32.2. The summed E-state index contributed by atoms with van der Waals surface area (Å²) >= 11 is 8.41. The van der Waals surface area contributed by atoms with E-state index in [2.05, 4.69) is 16.0 Å². The molecule has 4 rings (SSSR count). The fourth-order valence-corrected chi connectivity index (χ4v) is 6.62. The Kier molecular flexibility index (Phi) is 10.2. The second-order valence-electron chi connectivity index (χ2n) is 9.15. The maximum absolute atomic E-state index is 12.9. The van der Waals surface area contributed by atoms with Crippen LogP contribution in [-0.2, 0) is 22.4 Å². The molecule has 38 heavy (non-hydrogen) atoms. The fraction of sp³-hybridized carbons (Fsp3) is 0.345. The number of esters is 1. The van der Waals surface area contributed by atoms with E-state index in [1.165, 1.54) is 40.0 Å². The van der Waals surface area contributed by atoms with Crippen LogP contribution in [0.2, 0.25) is 0 Å². The molecule has 0 radical (unpaired) electrons. The highest BCUT2D eigenvalue weighted by molar-refractivity contribution is 8.00. The van der Waals surface area contributed by atoms with Crippen LogP contribution < -0.4 is 16.0 Å². The topological polar surface area (TPSA) is 79.5 Å². The first-order chi connectivity index (χ1) is 18.4. The molecule has 0 unspecified atom stereocenters. The Morgan fingerprint density at radius 1 is 0.974 bits per heavy atom. The first-order valence-corrected chi connectivity index (χ1v) is 15.1. The zero-order chi connectivity index (χ0) is 26.9. The molecule has 200 valence electrons. The van der Waals surface area contributed by atoms with Gasteiger partial charge in [0.1, 0.15) is 5.00 Å². The molecule has 3 N–H and O–H groups in total. The number of hydrogen-bond acceptors (Lipinski definition) is 6. The molecule has 6 nitrogen and oxygen atoms in total. The van der Waals surface area contributed by atoms with Crippen LogP contribution in [0.25, 0.3) is 0 Å². The molecule has 2 aromatic carbocycles. The summed E-state index contributed by atoms with van der Waals surface area (Å²) in [7, 11) is 0. The molecule has 3 aromatic rings. The Balaban J connectivity index is 1.37. The zero-order valence-corrected chi connectivity index (χ0v) is 24.2. The van der Waals surface area contributed by atoms with Gasteiger partial charge in [0.2, 0.25) is 5.91 Å². The minimum absolute atomic E-state index is 0.148. The number of carbonyl (C=O) groups excluding carboxylic acids is 2. The van der Waals surface area contributed by atoms with E-state index < -0.39 is 0 Å². The van der Waals surface area contributed by atoms with Gasteiger partial charge in [-0.1, -0.05) is 36.6 Å². The van der Waals surface area contributed by atoms with Crippen molar-refractivity contribution < 1.29 is 14.3 Å². The fourth-order valence-electron chi connectivity index (χ4n) is 4.33. The van der Waals surface area contributed by atoms with E-state index in [1.54, 1.807) is 6.92 Å². The lowest BCUT2D eigenvalue weighted by molar-refractivity contribution is -0.113. The number of benzene rings is 2. The predicted octanol–water partition coefficient (Wildman–Crippen LogP) is 7.43. The largest absolute Gasteiger partial charge is 0.462 e. The molecular weight excluding hydrogens is 535 g/mol. The van der Waals surface area contributed by atoms with Gasteiger partial charge < -0.3 is 20.7 Å². The van der Waals surface area contributed by atoms with Crippen LogP contribution >= 0.6 is 35.3 Å². The van der Waals surface area contributed by atoms with E-state index in [9.17, 15) is 9.59 Å². The number of rotatable bonds is 8. The molecule has 0 saturated heterocycles. The summed E-state index contributed by atoms with van der Waals surface area (Å²) in [6.07, 6.45) is 6.31. The number of fused-ring (bicyclic) bond motifs is 1. The molecule has 1 amide bonds. The summed E-state index contributed by atoms with van der Waals surface area (Å²) in [6, 6.07) is 15.8. The first-order valence-electron chi connectivity index (χ1n) is 12.9. The molecule has 0 saturated carbocycles. The Labute approximate surface area is 237 Å². The maximum Gasteiger partial charge on any atom is 0.341 e. The van der Waals surface area contributed by atoms with Crippen molar-refractivity contribution in [2.45, 2.75) is 57.3 Å². The molecular formula is C29H33N3O3S3. The van der Waals surface area contributed by atoms with Crippen molar-refractivity contribution in [3.63, 3.8) is 0 Å². The summed E-state index contributed by atoms with van der Waals surface area (Å²) in [5, 5.41) is 10.5. The quantitative estimate of drug-likeness (QED) is 0.148. The Morgan fingerprint density at radius 2 is 1.71 bits per heavy atom. The minimum Gasteiger partial charge on any atom is -0.462 e. The number of ether oxygens (including phenoxy) is 1. The normalized spacial score (nSPS) is 13.0. The predicted molar refractivity (Wildman–Crippen MR) is 163 cm³/mol. The first kappa shape index (κ1) is 28.1. The number of anilines is 3. The van der Waals surface area contributed by atoms with Crippen molar-refractivity contribution in [2.75, 3.05) is 28.3 Å². The number of nitrogens with one attached hydrogen (secondary N) is 3. The average Bonchev–Trinajstić information content (AvgIpc) is 3.20. The number of amides is 1. The van der Waals surface area contributed by atoms with Gasteiger partial charge in [-0.05, 0) is 87.6 Å². The molecule has 0 aliphatic heterocycles. The summed E-state index contributed by atoms with van der Waals surface area (Å²) in [6.45, 7) is 4.15. The number of hydrogen-bond donors (Lipinski definition) is 3. The van der Waals surface area contributed by atoms with Crippen LogP contribution in [0.1, 0.15) is 59.0 Å². The van der Waals surface area contributed by atoms with Gasteiger partial charge in [-0.2, -0.15) is 0 Å². The molecule has 0 bridgehead atoms. The number of thiophene rings is 1. The van der Waals surface area contributed by atoms with E-state index in [-0.39, 0.29) is 17.6 Å². The average molecular weight is 568 g/mol. The van der Waals surface area contributed by atoms with Crippen LogP contribution in [0.5, 0.6) is 0 Å². The summed E-state index contributed by atoms with van der Waals surface area (Å²) < 4.78 is 5.35. The molecule has 0 fully saturated rings. The van der Waals surface area contributed by atoms with Crippen LogP contribution in [0.15, 0.2) is 53.4 Å². The van der Waals surface area contributed by atoms with Crippen molar-refractivity contribution in [3.8, 4) is 0 Å². The van der Waals surface area contributed by atoms with Gasteiger partial charge in [0.15, 0.2) is 5.11 Å². The van der Waals surface area contributed by atoms with Crippen molar-refractivity contribution in [3.05, 3.63) is 70.1 Å². The molecule has 0 spiro atoms. The lowest BCUT2D eigenvalue weighted by atomic mass is 9.96. The van der Waals surface area contributed by atoms with E-state index in [1.807, 2.05) is 55.5 Å². The summed E-state index contributed by atoms with van der Waals surface area (Å²) in [5.41, 5.74) is 4.55. The molecule has 1 aliphatic carbocycles. The van der Waals surface area contributed by atoms with Gasteiger partial charge in [0.25, 0.3) is 0 Å². The number of carbonyl (C=O) groups is 2. The molecule has 9 heteroatoms. The lowest BCUT2D eigenvalue weighted by Crippen LogP contribution is -2.19. The highest BCUT2D eigenvalue weighted by Crippen LogP contribution is 2.38. The van der Waals surface area contributed by atoms with E-state index in [4.69, 9.17) is 17.0 Å². The van der Waals surface area contributed by atoms with Gasteiger partial charge in [-0.3, -0.25) is 4.79 Å². The SMILES string of the molecule is CCOC(=O)c1c(NC(=O)CSc2cccc(NC(=S)Nc3ccc(C)cc3)c2)sc2c1CCCCCC2. The molecule has 0 atom stereocenters. The van der Waals surface area contributed by atoms with E-state index >= 15 is 0 Å². The Bertz CT molecular complexity index is 1290. The van der Waals surface area contributed by atoms with Gasteiger partial charge in [-0.25, -0.2) is 4.79 Å². The minimum atomic E-state index is -0.345. The summed E-state index contributed by atoms with van der Waals surface area (Å²) in [4.78, 5) is 27.9. The number of thioether (sulfide) groups is 1. The van der Waals surface area contributed by atoms with Gasteiger partial charge in [0, 0.05) is 21.1 Å². The standard InChI is InChI=1S/C29H33N3O3S3/c1-3-35-28(34)26-23-11-6-4-5-7-12-24(23)38-27(26)32-25(33)18-37-22-10-8-9-21(17-22)31-29(36)30-20-15-13-19(2)14-16-20/h8-10,13-17H,3-7,11-12,18H2,1-2H3,(H,32,33)(H2,30,31,36). The third-order valence-corrected chi connectivity index (χ3v) is 8.58. The second-order valence-corrected chi connectivity index (χ2v) is 11.7. The van der Waals surface area contributed by atoms with Crippen molar-refractivity contribution >= 4 is 68.7 Å². The number of thiocarbonyl (C=S) groups is 1. The van der Waals surface area contributed by atoms with Crippen molar-refractivity contribution in [2.24, 2.45) is 0 Å².